The molecule has 0 spiro atoms. The molecule has 1 fully saturated rings. The Morgan fingerprint density at radius 3 is 1.65 bits per heavy atom. The van der Waals surface area contributed by atoms with Crippen LogP contribution in [0.15, 0.2) is 97.5 Å². The van der Waals surface area contributed by atoms with Crippen molar-refractivity contribution in [2.45, 2.75) is 183 Å². The van der Waals surface area contributed by atoms with Gasteiger partial charge in [0.05, 0.1) is 43.8 Å². The third kappa shape index (κ3) is 28.5. The van der Waals surface area contributed by atoms with Gasteiger partial charge in [0, 0.05) is 79.6 Å². The van der Waals surface area contributed by atoms with Crippen molar-refractivity contribution < 1.29 is 108 Å². The average molecular weight is 1610 g/mol. The number of carboxylic acids is 3. The standard InChI is InChI=1S/C75H106N18O22/c1-40(2)61(73(113)93-30-16-22-53(93)65(105)84-49(74(114)115)21-15-29-80-75(77)78)87-68(108)62(42(4)96)88-64(104)50(31-45-23-25-47(97)26-24-45)85-63(103)51(34-46-36-79-39-81-46)86-67(107)56(38-94)92(8)69(109)48(27-28-58(99)100)83-66(106)54(32-43-17-11-9-12-18-43)90(6)71(111)55(33-44-19-13-10-14-20-44)91(7)70(110)52(35-59(101)102)82-57(98)37-89(5)72(112)60(76)41(3)95/h9-14,17-20,23-26,36,39-42,48-56,60-62,94-97H,15-16,21-22,27-35,37-38,76H2,1-8H3,(H,79,81)(H,82,98)(H,83,106)(H,84,105)(H,85,103)(H,86,107)(H,87,108)(H,88,104)(H,99,100)(H,101,102)(H,114,115)(H4,77,78,80)/t41-,42-,48+,49+,50+,51+,52+,53+,54+,55+,56+,60+,61+,62+/m1/s1. The van der Waals surface area contributed by atoms with Gasteiger partial charge >= 0.3 is 17.9 Å². The van der Waals surface area contributed by atoms with Crippen molar-refractivity contribution in [2.75, 3.05) is 54.4 Å². The van der Waals surface area contributed by atoms with Crippen molar-refractivity contribution in [2.24, 2.45) is 17.4 Å². The van der Waals surface area contributed by atoms with Crippen molar-refractivity contribution in [3.63, 3.8) is 0 Å². The molecular formula is C75H106N18O22. The molecule has 115 heavy (non-hydrogen) atoms. The van der Waals surface area contributed by atoms with Gasteiger partial charge < -0.3 is 119 Å². The third-order valence-corrected chi connectivity index (χ3v) is 19.2. The van der Waals surface area contributed by atoms with Crippen LogP contribution in [0.4, 0.5) is 0 Å². The van der Waals surface area contributed by atoms with E-state index in [9.17, 15) is 98.1 Å². The molecule has 1 saturated heterocycles. The number of aliphatic hydroxyl groups is 3. The van der Waals surface area contributed by atoms with Gasteiger partial charge in [-0.15, -0.1) is 0 Å². The van der Waals surface area contributed by atoms with E-state index in [0.29, 0.717) is 28.0 Å². The van der Waals surface area contributed by atoms with E-state index in [0.717, 1.165) is 35.7 Å². The number of hydrogen-bond acceptors (Lipinski definition) is 22. The van der Waals surface area contributed by atoms with Gasteiger partial charge in [-0.1, -0.05) is 86.6 Å². The normalized spacial score (nSPS) is 15.9. The first-order valence-corrected chi connectivity index (χ1v) is 37.0. The molecule has 1 aliphatic rings. The van der Waals surface area contributed by atoms with Crippen LogP contribution in [0.5, 0.6) is 5.75 Å². The molecule has 5 rings (SSSR count). The van der Waals surface area contributed by atoms with Crippen LogP contribution in [0.3, 0.4) is 0 Å². The summed E-state index contributed by atoms with van der Waals surface area (Å²) in [6, 6.07) is 1.75. The number of aromatic nitrogens is 2. The Kier molecular flexibility index (Phi) is 36.5. The maximum Gasteiger partial charge on any atom is 0.326 e. The number of aliphatic carboxylic acids is 3. The van der Waals surface area contributed by atoms with Gasteiger partial charge in [-0.05, 0) is 80.7 Å². The lowest BCUT2D eigenvalue weighted by molar-refractivity contribution is -0.151. The summed E-state index contributed by atoms with van der Waals surface area (Å²) in [5.74, 6) is -18.0. The number of aromatic amines is 1. The second kappa shape index (κ2) is 44.9. The van der Waals surface area contributed by atoms with E-state index in [1.165, 1.54) is 62.7 Å². The van der Waals surface area contributed by atoms with Crippen molar-refractivity contribution in [1.82, 2.24) is 77.0 Å². The molecule has 2 heterocycles. The SMILES string of the molecule is CC(C)[C@H](NC(=O)[C@@H](NC(=O)[C@H](Cc1ccc(O)cc1)NC(=O)[C@H](Cc1c[nH]cn1)NC(=O)[C@H](CO)N(C)C(=O)[C@H](CCC(=O)O)NC(=O)[C@H](Cc1ccccc1)N(C)C(=O)[C@H](Cc1ccccc1)N(C)C(=O)[C@H](CC(=O)O)NC(=O)CN(C)C(=O)[C@@H](N)[C@@H](C)O)[C@@H](C)O)C(=O)N1CCC[C@H]1C(=O)N[C@@H](CCCNC(=N)N)C(=O)O. The number of carbonyl (C=O) groups is 15. The van der Waals surface area contributed by atoms with E-state index in [1.807, 2.05) is 0 Å². The number of phenols is 1. The van der Waals surface area contributed by atoms with E-state index in [-0.39, 0.29) is 62.6 Å². The number of H-pyrrole nitrogens is 1. The number of aromatic hydroxyl groups is 1. The lowest BCUT2D eigenvalue weighted by atomic mass is 9.99. The number of likely N-dealkylation sites (tertiary alicyclic amines) is 1. The van der Waals surface area contributed by atoms with Crippen LogP contribution in [0.2, 0.25) is 0 Å². The maximum atomic E-state index is 15.3. The fourth-order valence-electron chi connectivity index (χ4n) is 12.6. The fraction of sp³-hybridized carbons (Fsp3) is 0.507. The number of nitrogens with one attached hydrogen (secondary N) is 10. The Balaban J connectivity index is 1.43. The van der Waals surface area contributed by atoms with Gasteiger partial charge in [-0.3, -0.25) is 72.5 Å². The van der Waals surface area contributed by atoms with Gasteiger partial charge in [0.2, 0.25) is 70.9 Å². The zero-order valence-electron chi connectivity index (χ0n) is 65.1. The number of amides is 12. The molecular weight excluding hydrogens is 1500 g/mol. The number of benzene rings is 3. The summed E-state index contributed by atoms with van der Waals surface area (Å²) in [7, 11) is 4.54. The lowest BCUT2D eigenvalue weighted by Crippen LogP contribution is -2.63. The molecule has 1 aromatic heterocycles. The maximum absolute atomic E-state index is 15.3. The van der Waals surface area contributed by atoms with Crippen molar-refractivity contribution >= 4 is 94.8 Å². The average Bonchev–Trinajstić information content (AvgIpc) is 1.71. The topological polar surface area (TPSA) is 615 Å². The van der Waals surface area contributed by atoms with Gasteiger partial charge in [0.1, 0.15) is 78.3 Å². The zero-order valence-corrected chi connectivity index (χ0v) is 65.1. The Morgan fingerprint density at radius 2 is 1.11 bits per heavy atom. The van der Waals surface area contributed by atoms with E-state index >= 15 is 9.59 Å². The first kappa shape index (κ1) is 93.4. The Bertz CT molecular complexity index is 4030. The molecule has 0 aliphatic carbocycles. The summed E-state index contributed by atoms with van der Waals surface area (Å²) in [6.45, 7) is 3.73. The molecule has 0 unspecified atom stereocenters. The molecule has 0 bridgehead atoms. The van der Waals surface area contributed by atoms with Crippen molar-refractivity contribution in [3.8, 4) is 5.75 Å². The van der Waals surface area contributed by atoms with Gasteiger partial charge in [0.15, 0.2) is 5.96 Å². The number of nitrogens with two attached hydrogens (primary N) is 2. The number of hydrogen-bond donors (Lipinski definition) is 19. The zero-order chi connectivity index (χ0) is 85.7. The number of imidazole rings is 1. The molecule has 628 valence electrons. The summed E-state index contributed by atoms with van der Waals surface area (Å²) in [5.41, 5.74) is 12.4. The molecule has 14 atom stereocenters. The van der Waals surface area contributed by atoms with Crippen molar-refractivity contribution in [1.29, 1.82) is 5.41 Å². The smallest absolute Gasteiger partial charge is 0.326 e. The highest BCUT2D eigenvalue weighted by atomic mass is 16.4. The first-order chi connectivity index (χ1) is 54.2. The number of aliphatic hydroxyl groups excluding tert-OH is 3. The Hall–Kier alpha value is -12.2. The predicted octanol–water partition coefficient (Wildman–Crippen LogP) is -4.87. The quantitative estimate of drug-likeness (QED) is 0.0112. The minimum Gasteiger partial charge on any atom is -0.508 e. The van der Waals surface area contributed by atoms with Crippen LogP contribution >= 0.6 is 0 Å². The lowest BCUT2D eigenvalue weighted by Gasteiger charge is -2.36. The Labute approximate surface area is 662 Å². The van der Waals surface area contributed by atoms with E-state index in [4.69, 9.17) is 16.9 Å². The number of likely N-dealkylation sites (N-methyl/N-ethyl adjacent to an activating group) is 4. The Morgan fingerprint density at radius 1 is 0.583 bits per heavy atom. The molecule has 0 radical (unpaired) electrons. The number of guanidine groups is 1. The molecule has 21 N–H and O–H groups in total. The van der Waals surface area contributed by atoms with Gasteiger partial charge in [-0.2, -0.15) is 0 Å². The largest absolute Gasteiger partial charge is 0.508 e. The van der Waals surface area contributed by atoms with Crippen LogP contribution in [-0.2, 0) is 97.6 Å². The van der Waals surface area contributed by atoms with E-state index < -0.39 is 225 Å². The second-order valence-corrected chi connectivity index (χ2v) is 28.4. The number of rotatable bonds is 45. The molecule has 40 heteroatoms. The molecule has 0 saturated carbocycles. The van der Waals surface area contributed by atoms with Crippen LogP contribution in [0.25, 0.3) is 0 Å². The predicted molar refractivity (Wildman–Crippen MR) is 409 cm³/mol. The minimum absolute atomic E-state index is 0.0254. The molecule has 3 aromatic carbocycles. The van der Waals surface area contributed by atoms with Crippen LogP contribution in [-0.4, -0.2) is 304 Å². The minimum atomic E-state index is -1.98. The molecule has 40 nitrogen and oxygen atoms in total. The number of phenolic OH excluding ortho intramolecular Hbond substituents is 1. The molecule has 4 aromatic rings. The van der Waals surface area contributed by atoms with Crippen molar-refractivity contribution in [3.05, 3.63) is 120 Å². The van der Waals surface area contributed by atoms with Gasteiger partial charge in [-0.25, -0.2) is 9.78 Å². The number of carbonyl (C=O) groups excluding carboxylic acids is 12. The molecule has 12 amide bonds. The van der Waals surface area contributed by atoms with Crippen LogP contribution in [0.1, 0.15) is 95.0 Å². The van der Waals surface area contributed by atoms with E-state index in [2.05, 4.69) is 52.5 Å². The highest BCUT2D eigenvalue weighted by Gasteiger charge is 2.44. The van der Waals surface area contributed by atoms with Gasteiger partial charge in [0.25, 0.3) is 0 Å². The fourth-order valence-corrected chi connectivity index (χ4v) is 12.6. The first-order valence-electron chi connectivity index (χ1n) is 37.0. The second-order valence-electron chi connectivity index (χ2n) is 28.4. The third-order valence-electron chi connectivity index (χ3n) is 19.2. The monoisotopic (exact) mass is 1610 g/mol. The summed E-state index contributed by atoms with van der Waals surface area (Å²) >= 11 is 0. The number of carboxylic acid groups (broad SMARTS) is 3. The van der Waals surface area contributed by atoms with Crippen LogP contribution in [0, 0.1) is 11.3 Å². The van der Waals surface area contributed by atoms with E-state index in [1.54, 1.807) is 74.5 Å². The summed E-state index contributed by atoms with van der Waals surface area (Å²) in [5, 5.41) is 99.3. The number of nitrogens with zero attached hydrogens (tertiary/aromatic N) is 6. The highest BCUT2D eigenvalue weighted by Crippen LogP contribution is 2.23. The van der Waals surface area contributed by atoms with Crippen LogP contribution < -0.4 is 54.0 Å². The summed E-state index contributed by atoms with van der Waals surface area (Å²) < 4.78 is 0. The summed E-state index contributed by atoms with van der Waals surface area (Å²) in [4.78, 5) is 221. The summed E-state index contributed by atoms with van der Waals surface area (Å²) in [6.07, 6.45) is -3.91. The molecule has 1 aliphatic heterocycles. The highest BCUT2D eigenvalue weighted by molar-refractivity contribution is 6.00.